The van der Waals surface area contributed by atoms with E-state index >= 15 is 0 Å². The zero-order valence-electron chi connectivity index (χ0n) is 15.1. The first-order chi connectivity index (χ1) is 12.7. The molecule has 0 aliphatic carbocycles. The highest BCUT2D eigenvalue weighted by Crippen LogP contribution is 2.31. The summed E-state index contributed by atoms with van der Waals surface area (Å²) in [6.07, 6.45) is 2.92. The molecule has 5 heteroatoms. The Kier molecular flexibility index (Phi) is 4.60. The second kappa shape index (κ2) is 7.04. The number of halogens is 1. The number of aromatic nitrogens is 2. The fourth-order valence-electron chi connectivity index (χ4n) is 3.53. The van der Waals surface area contributed by atoms with Gasteiger partial charge in [0.15, 0.2) is 0 Å². The van der Waals surface area contributed by atoms with Gasteiger partial charge in [-0.05, 0) is 67.6 Å². The number of nitrogens with one attached hydrogen (secondary N) is 1. The molecule has 0 spiro atoms. The topological polar surface area (TPSA) is 39.1 Å². The lowest BCUT2D eigenvalue weighted by atomic mass is 10.1. The second-order valence-electron chi connectivity index (χ2n) is 6.64. The van der Waals surface area contributed by atoms with Crippen LogP contribution in [0.3, 0.4) is 0 Å². The Hall–Kier alpha value is -2.46. The van der Waals surface area contributed by atoms with Crippen molar-refractivity contribution in [2.45, 2.75) is 26.2 Å². The van der Waals surface area contributed by atoms with Gasteiger partial charge in [-0.2, -0.15) is 5.10 Å². The number of rotatable bonds is 5. The fourth-order valence-corrected chi connectivity index (χ4v) is 3.76. The van der Waals surface area contributed by atoms with Crippen molar-refractivity contribution in [3.05, 3.63) is 69.9 Å². The van der Waals surface area contributed by atoms with E-state index in [0.717, 1.165) is 53.6 Å². The SMILES string of the molecule is COc1ccc(CCc2nn(-c3ccc(Cl)cc3C)c3c2CCN3)cc1. The summed E-state index contributed by atoms with van der Waals surface area (Å²) in [4.78, 5) is 0. The van der Waals surface area contributed by atoms with Crippen molar-refractivity contribution in [3.63, 3.8) is 0 Å². The molecule has 26 heavy (non-hydrogen) atoms. The average Bonchev–Trinajstić information content (AvgIpc) is 3.24. The van der Waals surface area contributed by atoms with Crippen LogP contribution >= 0.6 is 11.6 Å². The molecule has 1 aliphatic rings. The van der Waals surface area contributed by atoms with Crippen LogP contribution in [0.5, 0.6) is 5.75 Å². The van der Waals surface area contributed by atoms with Gasteiger partial charge in [-0.3, -0.25) is 0 Å². The molecule has 0 fully saturated rings. The summed E-state index contributed by atoms with van der Waals surface area (Å²) in [7, 11) is 1.69. The maximum Gasteiger partial charge on any atom is 0.133 e. The Morgan fingerprint density at radius 2 is 1.96 bits per heavy atom. The molecule has 0 amide bonds. The summed E-state index contributed by atoms with van der Waals surface area (Å²) in [5, 5.41) is 9.17. The Labute approximate surface area is 158 Å². The van der Waals surface area contributed by atoms with Crippen molar-refractivity contribution in [3.8, 4) is 11.4 Å². The highest BCUT2D eigenvalue weighted by molar-refractivity contribution is 6.30. The molecule has 0 saturated carbocycles. The fraction of sp³-hybridized carbons (Fsp3) is 0.286. The summed E-state index contributed by atoms with van der Waals surface area (Å²) in [5.41, 5.74) is 6.01. The minimum Gasteiger partial charge on any atom is -0.497 e. The zero-order valence-corrected chi connectivity index (χ0v) is 15.8. The van der Waals surface area contributed by atoms with E-state index in [1.807, 2.05) is 35.0 Å². The normalized spacial score (nSPS) is 12.7. The molecule has 4 nitrogen and oxygen atoms in total. The number of hydrogen-bond donors (Lipinski definition) is 1. The number of methoxy groups -OCH3 is 1. The van der Waals surface area contributed by atoms with Crippen LogP contribution in [0.2, 0.25) is 5.02 Å². The number of ether oxygens (including phenoxy) is 1. The number of anilines is 1. The van der Waals surface area contributed by atoms with E-state index in [0.29, 0.717) is 0 Å². The first kappa shape index (κ1) is 17.0. The predicted octanol–water partition coefficient (Wildman–Crippen LogP) is 4.60. The highest BCUT2D eigenvalue weighted by Gasteiger charge is 2.23. The molecule has 1 aromatic heterocycles. The molecule has 1 N–H and O–H groups in total. The Balaban J connectivity index is 1.61. The summed E-state index contributed by atoms with van der Waals surface area (Å²) in [6.45, 7) is 3.04. The standard InChI is InChI=1S/C21H22ClN3O/c1-14-13-16(22)6-10-20(14)25-21-18(11-12-23-21)19(24-25)9-5-15-3-7-17(26-2)8-4-15/h3-4,6-8,10,13,23H,5,9,11-12H2,1-2H3. The van der Waals surface area contributed by atoms with E-state index in [1.165, 1.54) is 16.8 Å². The average molecular weight is 368 g/mol. The van der Waals surface area contributed by atoms with Crippen LogP contribution in [0.25, 0.3) is 5.69 Å². The third-order valence-corrected chi connectivity index (χ3v) is 5.17. The Morgan fingerprint density at radius 3 is 2.69 bits per heavy atom. The van der Waals surface area contributed by atoms with Gasteiger partial charge in [0.1, 0.15) is 11.6 Å². The summed E-state index contributed by atoms with van der Waals surface area (Å²) in [6, 6.07) is 14.2. The van der Waals surface area contributed by atoms with Crippen LogP contribution in [0.1, 0.15) is 22.4 Å². The molecule has 4 rings (SSSR count). The zero-order chi connectivity index (χ0) is 18.1. The first-order valence-electron chi connectivity index (χ1n) is 8.90. The lowest BCUT2D eigenvalue weighted by Gasteiger charge is -2.10. The predicted molar refractivity (Wildman–Crippen MR) is 106 cm³/mol. The van der Waals surface area contributed by atoms with Crippen molar-refractivity contribution in [2.24, 2.45) is 0 Å². The van der Waals surface area contributed by atoms with Crippen molar-refractivity contribution >= 4 is 17.4 Å². The summed E-state index contributed by atoms with van der Waals surface area (Å²) in [5.74, 6) is 2.02. The molecular weight excluding hydrogens is 346 g/mol. The van der Waals surface area contributed by atoms with Gasteiger partial charge in [-0.15, -0.1) is 0 Å². The van der Waals surface area contributed by atoms with Gasteiger partial charge in [0.2, 0.25) is 0 Å². The van der Waals surface area contributed by atoms with E-state index in [9.17, 15) is 0 Å². The van der Waals surface area contributed by atoms with Crippen LogP contribution in [0, 0.1) is 6.92 Å². The van der Waals surface area contributed by atoms with E-state index in [4.69, 9.17) is 21.4 Å². The third kappa shape index (κ3) is 3.17. The van der Waals surface area contributed by atoms with E-state index in [1.54, 1.807) is 7.11 Å². The van der Waals surface area contributed by atoms with Gasteiger partial charge in [0.25, 0.3) is 0 Å². The highest BCUT2D eigenvalue weighted by atomic mass is 35.5. The van der Waals surface area contributed by atoms with E-state index in [2.05, 4.69) is 24.4 Å². The molecule has 134 valence electrons. The van der Waals surface area contributed by atoms with Crippen LogP contribution in [0.15, 0.2) is 42.5 Å². The quantitative estimate of drug-likeness (QED) is 0.716. The van der Waals surface area contributed by atoms with Crippen molar-refractivity contribution in [1.29, 1.82) is 0 Å². The Bertz CT molecular complexity index is 931. The molecule has 0 saturated heterocycles. The summed E-state index contributed by atoms with van der Waals surface area (Å²) < 4.78 is 7.27. The van der Waals surface area contributed by atoms with Gasteiger partial charge >= 0.3 is 0 Å². The summed E-state index contributed by atoms with van der Waals surface area (Å²) >= 11 is 6.11. The maximum atomic E-state index is 6.11. The lowest BCUT2D eigenvalue weighted by molar-refractivity contribution is 0.414. The van der Waals surface area contributed by atoms with Gasteiger partial charge in [0, 0.05) is 17.1 Å². The van der Waals surface area contributed by atoms with E-state index < -0.39 is 0 Å². The maximum absolute atomic E-state index is 6.11. The van der Waals surface area contributed by atoms with Crippen LogP contribution < -0.4 is 10.1 Å². The van der Waals surface area contributed by atoms with Gasteiger partial charge in [0.05, 0.1) is 18.5 Å². The molecular formula is C21H22ClN3O. The molecule has 3 aromatic rings. The first-order valence-corrected chi connectivity index (χ1v) is 9.27. The molecule has 1 aliphatic heterocycles. The van der Waals surface area contributed by atoms with Crippen molar-refractivity contribution in [2.75, 3.05) is 19.0 Å². The van der Waals surface area contributed by atoms with E-state index in [-0.39, 0.29) is 0 Å². The number of hydrogen-bond acceptors (Lipinski definition) is 3. The molecule has 0 unspecified atom stereocenters. The number of benzene rings is 2. The van der Waals surface area contributed by atoms with Crippen LogP contribution in [0.4, 0.5) is 5.82 Å². The minimum atomic E-state index is 0.753. The molecule has 0 atom stereocenters. The number of nitrogens with zero attached hydrogens (tertiary/aromatic N) is 2. The van der Waals surface area contributed by atoms with Gasteiger partial charge < -0.3 is 10.1 Å². The molecule has 0 bridgehead atoms. The largest absolute Gasteiger partial charge is 0.497 e. The third-order valence-electron chi connectivity index (χ3n) is 4.93. The van der Waals surface area contributed by atoms with Crippen LogP contribution in [-0.2, 0) is 19.3 Å². The van der Waals surface area contributed by atoms with Gasteiger partial charge in [-0.1, -0.05) is 23.7 Å². The van der Waals surface area contributed by atoms with Gasteiger partial charge in [-0.25, -0.2) is 4.68 Å². The Morgan fingerprint density at radius 1 is 1.15 bits per heavy atom. The number of aryl methyl sites for hydroxylation is 3. The monoisotopic (exact) mass is 367 g/mol. The molecule has 2 heterocycles. The molecule has 0 radical (unpaired) electrons. The van der Waals surface area contributed by atoms with Crippen molar-refractivity contribution < 1.29 is 4.74 Å². The minimum absolute atomic E-state index is 0.753. The smallest absolute Gasteiger partial charge is 0.133 e. The molecule has 2 aromatic carbocycles. The number of fused-ring (bicyclic) bond motifs is 1. The lowest BCUT2D eigenvalue weighted by Crippen LogP contribution is -2.06. The van der Waals surface area contributed by atoms with Crippen LogP contribution in [-0.4, -0.2) is 23.4 Å². The van der Waals surface area contributed by atoms with Crippen molar-refractivity contribution in [1.82, 2.24) is 9.78 Å². The second-order valence-corrected chi connectivity index (χ2v) is 7.08.